The van der Waals surface area contributed by atoms with Crippen LogP contribution < -0.4 is 11.2 Å². The summed E-state index contributed by atoms with van der Waals surface area (Å²) in [4.78, 5) is 34.9. The van der Waals surface area contributed by atoms with Crippen LogP contribution in [0.4, 0.5) is 10.1 Å². The fraction of sp³-hybridized carbons (Fsp3) is 0. The Morgan fingerprint density at radius 1 is 1.33 bits per heavy atom. The summed E-state index contributed by atoms with van der Waals surface area (Å²) in [6, 6.07) is 4.71. The lowest BCUT2D eigenvalue weighted by atomic mass is 10.3. The first-order chi connectivity index (χ1) is 8.54. The number of rotatable bonds is 2. The number of hydrogen-bond acceptors (Lipinski definition) is 5. The Hall–Kier alpha value is -2.77. The quantitative estimate of drug-likeness (QED) is 0.769. The Morgan fingerprint density at radius 2 is 2.06 bits per heavy atom. The number of aromatic nitrogens is 2. The standard InChI is InChI=1S/C10H6FN3O4/c11-5-2-1-3-6(4-5)14-9(16)7(13-18)8(15)12-10(14)17/h1-4,16H,(H,12,15,17). The molecule has 2 N–H and O–H groups in total. The molecule has 0 saturated carbocycles. The van der Waals surface area contributed by atoms with Gasteiger partial charge in [0.15, 0.2) is 0 Å². The molecule has 7 nitrogen and oxygen atoms in total. The average molecular weight is 251 g/mol. The van der Waals surface area contributed by atoms with Crippen molar-refractivity contribution in [3.8, 4) is 11.6 Å². The summed E-state index contributed by atoms with van der Waals surface area (Å²) in [6.07, 6.45) is 0. The Kier molecular flexibility index (Phi) is 2.76. The molecule has 1 heterocycles. The van der Waals surface area contributed by atoms with Crippen molar-refractivity contribution in [1.82, 2.24) is 9.55 Å². The van der Waals surface area contributed by atoms with Gasteiger partial charge >= 0.3 is 5.69 Å². The maximum absolute atomic E-state index is 13.0. The van der Waals surface area contributed by atoms with Gasteiger partial charge in [-0.1, -0.05) is 6.07 Å². The highest BCUT2D eigenvalue weighted by Crippen LogP contribution is 2.22. The van der Waals surface area contributed by atoms with Crippen LogP contribution in [0, 0.1) is 10.7 Å². The number of aromatic hydroxyl groups is 1. The molecule has 2 rings (SSSR count). The number of nitrogens with one attached hydrogen (secondary N) is 1. The second kappa shape index (κ2) is 4.24. The van der Waals surface area contributed by atoms with Crippen molar-refractivity contribution in [3.63, 3.8) is 0 Å². The summed E-state index contributed by atoms with van der Waals surface area (Å²) in [5, 5.41) is 11.9. The van der Waals surface area contributed by atoms with E-state index >= 15 is 0 Å². The van der Waals surface area contributed by atoms with Crippen molar-refractivity contribution in [2.45, 2.75) is 0 Å². The number of halogens is 1. The average Bonchev–Trinajstić information content (AvgIpc) is 2.28. The van der Waals surface area contributed by atoms with Gasteiger partial charge in [-0.05, 0) is 23.4 Å². The second-order valence-corrected chi connectivity index (χ2v) is 3.34. The van der Waals surface area contributed by atoms with Crippen molar-refractivity contribution in [2.75, 3.05) is 0 Å². The molecule has 0 bridgehead atoms. The van der Waals surface area contributed by atoms with Crippen LogP contribution in [0.15, 0.2) is 39.0 Å². The van der Waals surface area contributed by atoms with E-state index in [2.05, 4.69) is 5.18 Å². The molecular weight excluding hydrogens is 245 g/mol. The van der Waals surface area contributed by atoms with Crippen LogP contribution >= 0.6 is 0 Å². The number of aromatic amines is 1. The summed E-state index contributed by atoms with van der Waals surface area (Å²) in [7, 11) is 0. The first-order valence-electron chi connectivity index (χ1n) is 4.72. The Labute approximate surface area is 98.1 Å². The van der Waals surface area contributed by atoms with Gasteiger partial charge in [0.25, 0.3) is 5.56 Å². The topological polar surface area (TPSA) is 105 Å². The smallest absolute Gasteiger partial charge is 0.335 e. The van der Waals surface area contributed by atoms with Gasteiger partial charge in [-0.3, -0.25) is 9.78 Å². The van der Waals surface area contributed by atoms with Crippen molar-refractivity contribution < 1.29 is 9.50 Å². The Bertz CT molecular complexity index is 735. The van der Waals surface area contributed by atoms with E-state index in [0.717, 1.165) is 12.1 Å². The third kappa shape index (κ3) is 1.79. The number of nitroso groups, excluding NO2 is 1. The number of nitrogens with zero attached hydrogens (tertiary/aromatic N) is 2. The molecule has 0 saturated heterocycles. The zero-order valence-electron chi connectivity index (χ0n) is 8.75. The van der Waals surface area contributed by atoms with Crippen LogP contribution in [0.5, 0.6) is 5.88 Å². The van der Waals surface area contributed by atoms with Gasteiger partial charge in [0.05, 0.1) is 5.69 Å². The highest BCUT2D eigenvalue weighted by molar-refractivity contribution is 5.48. The van der Waals surface area contributed by atoms with Crippen molar-refractivity contribution in [3.05, 3.63) is 55.8 Å². The molecule has 0 radical (unpaired) electrons. The van der Waals surface area contributed by atoms with E-state index in [1.54, 1.807) is 4.98 Å². The van der Waals surface area contributed by atoms with E-state index in [0.29, 0.717) is 4.57 Å². The normalized spacial score (nSPS) is 10.3. The molecule has 0 fully saturated rings. The van der Waals surface area contributed by atoms with E-state index in [1.165, 1.54) is 12.1 Å². The summed E-state index contributed by atoms with van der Waals surface area (Å²) in [6.45, 7) is 0. The van der Waals surface area contributed by atoms with Gasteiger partial charge in [-0.25, -0.2) is 13.8 Å². The molecule has 1 aromatic carbocycles. The molecule has 0 unspecified atom stereocenters. The molecule has 92 valence electrons. The minimum Gasteiger partial charge on any atom is -0.492 e. The molecule has 1 aromatic heterocycles. The maximum atomic E-state index is 13.0. The molecule has 0 amide bonds. The molecule has 0 aliphatic heterocycles. The molecule has 0 aliphatic rings. The monoisotopic (exact) mass is 251 g/mol. The minimum atomic E-state index is -1.11. The van der Waals surface area contributed by atoms with Gasteiger partial charge in [-0.2, -0.15) is 0 Å². The van der Waals surface area contributed by atoms with Crippen molar-refractivity contribution in [2.24, 2.45) is 5.18 Å². The predicted octanol–water partition coefficient (Wildman–Crippen LogP) is 0.768. The van der Waals surface area contributed by atoms with Crippen molar-refractivity contribution >= 4 is 5.69 Å². The van der Waals surface area contributed by atoms with Crippen LogP contribution in [0.2, 0.25) is 0 Å². The predicted molar refractivity (Wildman–Crippen MR) is 59.7 cm³/mol. The summed E-state index contributed by atoms with van der Waals surface area (Å²) < 4.78 is 13.6. The highest BCUT2D eigenvalue weighted by Gasteiger charge is 2.16. The number of benzene rings is 1. The Morgan fingerprint density at radius 3 is 2.67 bits per heavy atom. The van der Waals surface area contributed by atoms with E-state index in [9.17, 15) is 24.0 Å². The lowest BCUT2D eigenvalue weighted by Crippen LogP contribution is -2.28. The minimum absolute atomic E-state index is 0.0429. The zero-order valence-corrected chi connectivity index (χ0v) is 8.75. The van der Waals surface area contributed by atoms with Crippen LogP contribution in [0.3, 0.4) is 0 Å². The second-order valence-electron chi connectivity index (χ2n) is 3.34. The van der Waals surface area contributed by atoms with Crippen molar-refractivity contribution in [1.29, 1.82) is 0 Å². The van der Waals surface area contributed by atoms with E-state index in [1.807, 2.05) is 0 Å². The molecule has 18 heavy (non-hydrogen) atoms. The first-order valence-corrected chi connectivity index (χ1v) is 4.72. The third-order valence-electron chi connectivity index (χ3n) is 2.22. The van der Waals surface area contributed by atoms with E-state index < -0.39 is 28.6 Å². The first kappa shape index (κ1) is 11.7. The summed E-state index contributed by atoms with van der Waals surface area (Å²) in [5.74, 6) is -1.59. The van der Waals surface area contributed by atoms with Crippen LogP contribution in [-0.2, 0) is 0 Å². The van der Waals surface area contributed by atoms with Crippen LogP contribution in [0.25, 0.3) is 5.69 Å². The van der Waals surface area contributed by atoms with Gasteiger partial charge in [0, 0.05) is 0 Å². The SMILES string of the molecule is O=Nc1c(O)n(-c2cccc(F)c2)c(=O)[nH]c1=O. The lowest BCUT2D eigenvalue weighted by molar-refractivity contribution is 0.433. The van der Waals surface area contributed by atoms with Crippen LogP contribution in [0.1, 0.15) is 0 Å². The molecule has 8 heteroatoms. The lowest BCUT2D eigenvalue weighted by Gasteiger charge is -2.07. The third-order valence-corrected chi connectivity index (χ3v) is 2.22. The Balaban J connectivity index is 2.84. The number of hydrogen-bond donors (Lipinski definition) is 2. The van der Waals surface area contributed by atoms with Gasteiger partial charge in [-0.15, -0.1) is 4.91 Å². The molecule has 2 aromatic rings. The molecule has 0 atom stereocenters. The van der Waals surface area contributed by atoms with E-state index in [-0.39, 0.29) is 5.69 Å². The summed E-state index contributed by atoms with van der Waals surface area (Å²) in [5.41, 5.74) is -3.01. The van der Waals surface area contributed by atoms with Crippen LogP contribution in [-0.4, -0.2) is 14.7 Å². The zero-order chi connectivity index (χ0) is 13.3. The van der Waals surface area contributed by atoms with E-state index in [4.69, 9.17) is 0 Å². The summed E-state index contributed by atoms with van der Waals surface area (Å²) >= 11 is 0. The van der Waals surface area contributed by atoms with Gasteiger partial charge in [0.1, 0.15) is 5.82 Å². The van der Waals surface area contributed by atoms with Gasteiger partial charge in [0.2, 0.25) is 11.6 Å². The highest BCUT2D eigenvalue weighted by atomic mass is 19.1. The largest absolute Gasteiger partial charge is 0.492 e. The van der Waals surface area contributed by atoms with Gasteiger partial charge < -0.3 is 5.11 Å². The maximum Gasteiger partial charge on any atom is 0.335 e. The fourth-order valence-corrected chi connectivity index (χ4v) is 1.45. The molecular formula is C10H6FN3O4. The molecule has 0 aliphatic carbocycles. The fourth-order valence-electron chi connectivity index (χ4n) is 1.45. The number of H-pyrrole nitrogens is 1. The molecule has 0 spiro atoms.